The molecule has 1 aromatic carbocycles. The summed E-state index contributed by atoms with van der Waals surface area (Å²) >= 11 is 0. The van der Waals surface area contributed by atoms with Gasteiger partial charge in [-0.1, -0.05) is 29.8 Å². The fraction of sp³-hybridized carbons (Fsp3) is 0.429. The lowest BCUT2D eigenvalue weighted by molar-refractivity contribution is -0.146. The largest absolute Gasteiger partial charge is 0.481 e. The van der Waals surface area contributed by atoms with Gasteiger partial charge in [-0.3, -0.25) is 9.59 Å². The third-order valence-corrected chi connectivity index (χ3v) is 3.64. The molecule has 3 heteroatoms. The van der Waals surface area contributed by atoms with Crippen LogP contribution in [0.2, 0.25) is 0 Å². The minimum Gasteiger partial charge on any atom is -0.481 e. The molecule has 0 bridgehead atoms. The molecular weight excluding hydrogens is 216 g/mol. The Morgan fingerprint density at radius 2 is 1.94 bits per heavy atom. The van der Waals surface area contributed by atoms with Crippen LogP contribution in [0.4, 0.5) is 0 Å². The summed E-state index contributed by atoms with van der Waals surface area (Å²) in [5, 5.41) is 9.51. The lowest BCUT2D eigenvalue weighted by Crippen LogP contribution is -2.39. The summed E-state index contributed by atoms with van der Waals surface area (Å²) < 4.78 is 0. The second kappa shape index (κ2) is 4.32. The lowest BCUT2D eigenvalue weighted by atomic mass is 9.69. The van der Waals surface area contributed by atoms with Crippen molar-refractivity contribution in [2.75, 3.05) is 0 Å². The summed E-state index contributed by atoms with van der Waals surface area (Å²) in [6.07, 6.45) is 1.59. The zero-order chi connectivity index (χ0) is 12.5. The Bertz CT molecular complexity index is 452. The van der Waals surface area contributed by atoms with Crippen molar-refractivity contribution in [2.45, 2.75) is 38.0 Å². The normalized spacial score (nSPS) is 19.0. The van der Waals surface area contributed by atoms with Crippen LogP contribution in [0.25, 0.3) is 0 Å². The van der Waals surface area contributed by atoms with Crippen LogP contribution < -0.4 is 0 Å². The Hall–Kier alpha value is -1.64. The smallest absolute Gasteiger partial charge is 0.314 e. The molecule has 0 radical (unpaired) electrons. The molecule has 0 aliphatic heterocycles. The van der Waals surface area contributed by atoms with Crippen LogP contribution in [0.5, 0.6) is 0 Å². The van der Waals surface area contributed by atoms with Crippen molar-refractivity contribution in [3.8, 4) is 0 Å². The van der Waals surface area contributed by atoms with Gasteiger partial charge in [0.05, 0.1) is 5.41 Å². The van der Waals surface area contributed by atoms with Gasteiger partial charge in [0.15, 0.2) is 0 Å². The van der Waals surface area contributed by atoms with Crippen LogP contribution >= 0.6 is 0 Å². The van der Waals surface area contributed by atoms with Gasteiger partial charge >= 0.3 is 5.97 Å². The Kier molecular flexibility index (Phi) is 3.01. The maximum atomic E-state index is 11.6. The molecule has 0 aromatic heterocycles. The van der Waals surface area contributed by atoms with E-state index >= 15 is 0 Å². The molecule has 0 saturated heterocycles. The Balaban J connectivity index is 2.41. The molecule has 0 unspecified atom stereocenters. The molecule has 0 heterocycles. The van der Waals surface area contributed by atoms with Gasteiger partial charge in [0, 0.05) is 12.8 Å². The number of benzene rings is 1. The van der Waals surface area contributed by atoms with Gasteiger partial charge in [0.2, 0.25) is 0 Å². The number of aliphatic carboxylic acids is 1. The Labute approximate surface area is 100 Å². The summed E-state index contributed by atoms with van der Waals surface area (Å²) in [4.78, 5) is 22.9. The van der Waals surface area contributed by atoms with Crippen molar-refractivity contribution in [3.05, 3.63) is 35.4 Å². The van der Waals surface area contributed by atoms with Gasteiger partial charge in [0.1, 0.15) is 5.78 Å². The van der Waals surface area contributed by atoms with Crippen LogP contribution in [-0.2, 0) is 15.0 Å². The molecule has 0 atom stereocenters. The monoisotopic (exact) mass is 232 g/mol. The number of ketones is 1. The quantitative estimate of drug-likeness (QED) is 0.852. The van der Waals surface area contributed by atoms with E-state index in [1.165, 1.54) is 0 Å². The predicted octanol–water partition coefficient (Wildman–Crippen LogP) is 2.46. The molecule has 1 fully saturated rings. The molecule has 0 spiro atoms. The second-order valence-electron chi connectivity index (χ2n) is 4.80. The van der Waals surface area contributed by atoms with E-state index < -0.39 is 11.4 Å². The number of hydrogen-bond acceptors (Lipinski definition) is 2. The van der Waals surface area contributed by atoms with Crippen molar-refractivity contribution in [2.24, 2.45) is 0 Å². The van der Waals surface area contributed by atoms with Crippen molar-refractivity contribution in [1.82, 2.24) is 0 Å². The first-order valence-corrected chi connectivity index (χ1v) is 5.87. The highest BCUT2D eigenvalue weighted by Gasteiger charge is 2.43. The van der Waals surface area contributed by atoms with Crippen LogP contribution in [0.15, 0.2) is 24.3 Å². The predicted molar refractivity (Wildman–Crippen MR) is 64.0 cm³/mol. The first kappa shape index (κ1) is 11.8. The van der Waals surface area contributed by atoms with E-state index in [0.717, 1.165) is 11.1 Å². The van der Waals surface area contributed by atoms with Crippen LogP contribution in [-0.4, -0.2) is 16.9 Å². The average Bonchev–Trinajstić information content (AvgIpc) is 2.30. The van der Waals surface area contributed by atoms with E-state index in [4.69, 9.17) is 0 Å². The summed E-state index contributed by atoms with van der Waals surface area (Å²) in [5.74, 6) is -0.634. The molecule has 1 saturated carbocycles. The molecule has 1 aliphatic carbocycles. The van der Waals surface area contributed by atoms with Crippen LogP contribution in [0.3, 0.4) is 0 Å². The number of aryl methyl sites for hydroxylation is 1. The van der Waals surface area contributed by atoms with Crippen molar-refractivity contribution < 1.29 is 14.7 Å². The van der Waals surface area contributed by atoms with E-state index in [1.807, 2.05) is 31.2 Å². The van der Waals surface area contributed by atoms with Crippen molar-refractivity contribution in [1.29, 1.82) is 0 Å². The summed E-state index contributed by atoms with van der Waals surface area (Å²) in [7, 11) is 0. The third-order valence-electron chi connectivity index (χ3n) is 3.64. The molecule has 1 aromatic rings. The fourth-order valence-electron chi connectivity index (χ4n) is 2.52. The highest BCUT2D eigenvalue weighted by molar-refractivity contribution is 5.87. The van der Waals surface area contributed by atoms with Gasteiger partial charge in [-0.05, 0) is 25.3 Å². The first-order chi connectivity index (χ1) is 8.04. The van der Waals surface area contributed by atoms with Gasteiger partial charge in [0.25, 0.3) is 0 Å². The number of carboxylic acids is 1. The van der Waals surface area contributed by atoms with E-state index in [1.54, 1.807) is 0 Å². The number of carbonyl (C=O) groups excluding carboxylic acids is 1. The summed E-state index contributed by atoms with van der Waals surface area (Å²) in [6.45, 7) is 1.95. The number of carbonyl (C=O) groups is 2. The molecule has 1 N–H and O–H groups in total. The topological polar surface area (TPSA) is 54.4 Å². The van der Waals surface area contributed by atoms with E-state index in [9.17, 15) is 14.7 Å². The van der Waals surface area contributed by atoms with Crippen LogP contribution in [0, 0.1) is 6.92 Å². The fourth-order valence-corrected chi connectivity index (χ4v) is 2.52. The van der Waals surface area contributed by atoms with Crippen LogP contribution in [0.1, 0.15) is 36.8 Å². The number of hydrogen-bond donors (Lipinski definition) is 1. The zero-order valence-corrected chi connectivity index (χ0v) is 9.90. The maximum absolute atomic E-state index is 11.6. The first-order valence-electron chi connectivity index (χ1n) is 5.87. The summed E-state index contributed by atoms with van der Waals surface area (Å²) in [6, 6.07) is 7.61. The zero-order valence-electron chi connectivity index (χ0n) is 9.90. The Morgan fingerprint density at radius 3 is 2.47 bits per heavy atom. The maximum Gasteiger partial charge on any atom is 0.314 e. The minimum atomic E-state index is -0.861. The molecule has 90 valence electrons. The SMILES string of the molecule is Cc1cccc(C2(C(=O)O)CCC(=O)CC2)c1. The van der Waals surface area contributed by atoms with Gasteiger partial charge in [-0.15, -0.1) is 0 Å². The highest BCUT2D eigenvalue weighted by Crippen LogP contribution is 2.38. The van der Waals surface area contributed by atoms with E-state index in [2.05, 4.69) is 0 Å². The van der Waals surface area contributed by atoms with E-state index in [0.29, 0.717) is 25.7 Å². The summed E-state index contributed by atoms with van der Waals surface area (Å²) in [5.41, 5.74) is 1.03. The molecule has 3 nitrogen and oxygen atoms in total. The van der Waals surface area contributed by atoms with E-state index in [-0.39, 0.29) is 5.78 Å². The molecule has 0 amide bonds. The third kappa shape index (κ3) is 2.09. The average molecular weight is 232 g/mol. The number of carboxylic acid groups (broad SMARTS) is 1. The van der Waals surface area contributed by atoms with Gasteiger partial charge < -0.3 is 5.11 Å². The highest BCUT2D eigenvalue weighted by atomic mass is 16.4. The minimum absolute atomic E-state index is 0.175. The van der Waals surface area contributed by atoms with Gasteiger partial charge in [-0.2, -0.15) is 0 Å². The number of rotatable bonds is 2. The van der Waals surface area contributed by atoms with Crippen molar-refractivity contribution in [3.63, 3.8) is 0 Å². The standard InChI is InChI=1S/C14H16O3/c1-10-3-2-4-11(9-10)14(13(16)17)7-5-12(15)6-8-14/h2-4,9H,5-8H2,1H3,(H,16,17). The molecule has 17 heavy (non-hydrogen) atoms. The second-order valence-corrected chi connectivity index (χ2v) is 4.80. The van der Waals surface area contributed by atoms with Crippen molar-refractivity contribution >= 4 is 11.8 Å². The molecule has 2 rings (SSSR count). The Morgan fingerprint density at radius 1 is 1.29 bits per heavy atom. The molecular formula is C14H16O3. The lowest BCUT2D eigenvalue weighted by Gasteiger charge is -2.33. The molecule has 1 aliphatic rings. The number of Topliss-reactive ketones (excluding diaryl/α,β-unsaturated/α-hetero) is 1. The van der Waals surface area contributed by atoms with Gasteiger partial charge in [-0.25, -0.2) is 0 Å².